The number of anilines is 1. The van der Waals surface area contributed by atoms with Gasteiger partial charge in [-0.25, -0.2) is 13.1 Å². The van der Waals surface area contributed by atoms with Crippen LogP contribution in [-0.2, 0) is 10.0 Å². The molecular formula is C13H22N2O4S. The molecule has 0 bridgehead atoms. The summed E-state index contributed by atoms with van der Waals surface area (Å²) in [6, 6.07) is 6.39. The third kappa shape index (κ3) is 4.75. The Labute approximate surface area is 120 Å². The number of nitrogens with one attached hydrogen (secondary N) is 1. The fraction of sp³-hybridized carbons (Fsp3) is 0.538. The number of hydrogen-bond donors (Lipinski definition) is 3. The maximum absolute atomic E-state index is 11.9. The normalized spacial score (nSPS) is 11.6. The lowest BCUT2D eigenvalue weighted by Gasteiger charge is -2.23. The molecule has 0 saturated carbocycles. The molecule has 114 valence electrons. The molecule has 1 aromatic carbocycles. The molecule has 3 N–H and O–H groups in total. The molecule has 0 aliphatic carbocycles. The highest BCUT2D eigenvalue weighted by Crippen LogP contribution is 2.17. The average molecular weight is 302 g/mol. The molecule has 1 aromatic rings. The summed E-state index contributed by atoms with van der Waals surface area (Å²) in [6.45, 7) is 3.02. The molecule has 0 saturated heterocycles. The summed E-state index contributed by atoms with van der Waals surface area (Å²) in [5, 5.41) is 18.0. The molecule has 0 amide bonds. The number of benzene rings is 1. The van der Waals surface area contributed by atoms with E-state index in [1.165, 1.54) is 12.1 Å². The maximum atomic E-state index is 11.9. The van der Waals surface area contributed by atoms with Gasteiger partial charge in [0, 0.05) is 25.3 Å². The Morgan fingerprint density at radius 2 is 1.65 bits per heavy atom. The van der Waals surface area contributed by atoms with Crippen molar-refractivity contribution >= 4 is 15.7 Å². The van der Waals surface area contributed by atoms with E-state index in [-0.39, 0.29) is 18.1 Å². The van der Waals surface area contributed by atoms with E-state index in [4.69, 9.17) is 10.2 Å². The molecule has 6 nitrogen and oxygen atoms in total. The highest BCUT2D eigenvalue weighted by Gasteiger charge is 2.13. The van der Waals surface area contributed by atoms with Gasteiger partial charge in [-0.15, -0.1) is 0 Å². The van der Waals surface area contributed by atoms with E-state index in [2.05, 4.69) is 4.72 Å². The quantitative estimate of drug-likeness (QED) is 0.605. The van der Waals surface area contributed by atoms with Crippen molar-refractivity contribution in [2.24, 2.45) is 0 Å². The molecule has 1 rings (SSSR count). The number of aliphatic hydroxyl groups is 2. The lowest BCUT2D eigenvalue weighted by molar-refractivity contribution is 0.281. The van der Waals surface area contributed by atoms with Crippen molar-refractivity contribution in [1.29, 1.82) is 0 Å². The largest absolute Gasteiger partial charge is 0.395 e. The van der Waals surface area contributed by atoms with Gasteiger partial charge in [0.25, 0.3) is 0 Å². The predicted octanol–water partition coefficient (Wildman–Crippen LogP) is 0.166. The van der Waals surface area contributed by atoms with Crippen molar-refractivity contribution in [2.75, 3.05) is 37.7 Å². The summed E-state index contributed by atoms with van der Waals surface area (Å²) in [7, 11) is -3.46. The van der Waals surface area contributed by atoms with Crippen molar-refractivity contribution in [3.05, 3.63) is 24.3 Å². The molecule has 0 spiro atoms. The van der Waals surface area contributed by atoms with E-state index in [0.717, 1.165) is 12.1 Å². The number of rotatable bonds is 9. The Morgan fingerprint density at radius 3 is 2.10 bits per heavy atom. The van der Waals surface area contributed by atoms with Crippen LogP contribution in [-0.4, -0.2) is 51.5 Å². The van der Waals surface area contributed by atoms with Crippen LogP contribution >= 0.6 is 0 Å². The zero-order valence-electron chi connectivity index (χ0n) is 11.6. The monoisotopic (exact) mass is 302 g/mol. The van der Waals surface area contributed by atoms with Crippen LogP contribution in [0.3, 0.4) is 0 Å². The van der Waals surface area contributed by atoms with E-state index < -0.39 is 10.0 Å². The number of hydrogen-bond acceptors (Lipinski definition) is 5. The van der Waals surface area contributed by atoms with Gasteiger partial charge in [-0.1, -0.05) is 6.92 Å². The molecule has 0 fully saturated rings. The van der Waals surface area contributed by atoms with E-state index in [9.17, 15) is 8.42 Å². The number of nitrogens with zero attached hydrogens (tertiary/aromatic N) is 1. The zero-order chi connectivity index (χ0) is 15.0. The summed E-state index contributed by atoms with van der Waals surface area (Å²) in [4.78, 5) is 2.00. The van der Waals surface area contributed by atoms with Crippen LogP contribution in [0.2, 0.25) is 0 Å². The van der Waals surface area contributed by atoms with Gasteiger partial charge in [-0.3, -0.25) is 0 Å². The smallest absolute Gasteiger partial charge is 0.240 e. The van der Waals surface area contributed by atoms with Crippen molar-refractivity contribution in [3.63, 3.8) is 0 Å². The van der Waals surface area contributed by atoms with Crippen LogP contribution in [0.4, 0.5) is 5.69 Å². The van der Waals surface area contributed by atoms with E-state index in [1.807, 2.05) is 6.92 Å². The lowest BCUT2D eigenvalue weighted by Crippen LogP contribution is -2.29. The Kier molecular flexibility index (Phi) is 6.94. The van der Waals surface area contributed by atoms with Crippen LogP contribution in [0.15, 0.2) is 29.2 Å². The van der Waals surface area contributed by atoms with Crippen LogP contribution in [0, 0.1) is 0 Å². The Hall–Kier alpha value is -1.15. The second-order valence-electron chi connectivity index (χ2n) is 4.33. The second-order valence-corrected chi connectivity index (χ2v) is 6.09. The summed E-state index contributed by atoms with van der Waals surface area (Å²) >= 11 is 0. The van der Waals surface area contributed by atoms with Gasteiger partial charge < -0.3 is 15.1 Å². The standard InChI is InChI=1S/C13H22N2O4S/c1-2-7-14-20(18,19)13-5-3-12(4-6-13)15(8-10-16)9-11-17/h3-6,14,16-17H,2,7-11H2,1H3. The first-order chi connectivity index (χ1) is 9.55. The molecule has 0 aliphatic heterocycles. The predicted molar refractivity (Wildman–Crippen MR) is 78.3 cm³/mol. The van der Waals surface area contributed by atoms with Gasteiger partial charge in [0.05, 0.1) is 18.1 Å². The maximum Gasteiger partial charge on any atom is 0.240 e. The van der Waals surface area contributed by atoms with Crippen LogP contribution in [0.5, 0.6) is 0 Å². The Morgan fingerprint density at radius 1 is 1.10 bits per heavy atom. The summed E-state index contributed by atoms with van der Waals surface area (Å²) in [5.41, 5.74) is 0.766. The fourth-order valence-electron chi connectivity index (χ4n) is 1.77. The van der Waals surface area contributed by atoms with Crippen molar-refractivity contribution in [3.8, 4) is 0 Å². The topological polar surface area (TPSA) is 89.9 Å². The first-order valence-corrected chi connectivity index (χ1v) is 8.10. The van der Waals surface area contributed by atoms with E-state index >= 15 is 0 Å². The van der Waals surface area contributed by atoms with E-state index in [0.29, 0.717) is 19.6 Å². The highest BCUT2D eigenvalue weighted by molar-refractivity contribution is 7.89. The molecule has 7 heteroatoms. The minimum absolute atomic E-state index is 0.0297. The van der Waals surface area contributed by atoms with Crippen molar-refractivity contribution in [2.45, 2.75) is 18.2 Å². The third-order valence-corrected chi connectivity index (χ3v) is 4.27. The molecule has 0 heterocycles. The fourth-order valence-corrected chi connectivity index (χ4v) is 2.90. The van der Waals surface area contributed by atoms with E-state index in [1.54, 1.807) is 17.0 Å². The van der Waals surface area contributed by atoms with Crippen LogP contribution in [0.1, 0.15) is 13.3 Å². The van der Waals surface area contributed by atoms with Crippen molar-refractivity contribution < 1.29 is 18.6 Å². The molecular weight excluding hydrogens is 280 g/mol. The summed E-state index contributed by atoms with van der Waals surface area (Å²) < 4.78 is 26.3. The average Bonchev–Trinajstić information content (AvgIpc) is 2.45. The molecule has 0 atom stereocenters. The first kappa shape index (κ1) is 16.9. The molecule has 20 heavy (non-hydrogen) atoms. The van der Waals surface area contributed by atoms with Crippen LogP contribution < -0.4 is 9.62 Å². The second kappa shape index (κ2) is 8.21. The molecule has 0 unspecified atom stereocenters. The molecule has 0 aromatic heterocycles. The van der Waals surface area contributed by atoms with Gasteiger partial charge in [0.2, 0.25) is 10.0 Å². The molecule has 0 radical (unpaired) electrons. The van der Waals surface area contributed by atoms with Crippen LogP contribution in [0.25, 0.3) is 0 Å². The van der Waals surface area contributed by atoms with Gasteiger partial charge in [0.15, 0.2) is 0 Å². The Balaban J connectivity index is 2.86. The highest BCUT2D eigenvalue weighted by atomic mass is 32.2. The summed E-state index contributed by atoms with van der Waals surface area (Å²) in [6.07, 6.45) is 0.734. The minimum atomic E-state index is -3.46. The zero-order valence-corrected chi connectivity index (χ0v) is 12.4. The first-order valence-electron chi connectivity index (χ1n) is 6.61. The van der Waals surface area contributed by atoms with Crippen molar-refractivity contribution in [1.82, 2.24) is 4.72 Å². The van der Waals surface area contributed by atoms with Gasteiger partial charge >= 0.3 is 0 Å². The SMILES string of the molecule is CCCNS(=O)(=O)c1ccc(N(CCO)CCO)cc1. The minimum Gasteiger partial charge on any atom is -0.395 e. The Bertz CT molecular complexity index is 482. The number of sulfonamides is 1. The van der Waals surface area contributed by atoms with Gasteiger partial charge in [-0.05, 0) is 30.7 Å². The van der Waals surface area contributed by atoms with Gasteiger partial charge in [-0.2, -0.15) is 0 Å². The molecule has 0 aliphatic rings. The summed E-state index contributed by atoms with van der Waals surface area (Å²) in [5.74, 6) is 0. The third-order valence-electron chi connectivity index (χ3n) is 2.79. The lowest BCUT2D eigenvalue weighted by atomic mass is 10.3. The number of aliphatic hydroxyl groups excluding tert-OH is 2. The van der Waals surface area contributed by atoms with Gasteiger partial charge in [0.1, 0.15) is 0 Å².